The number of nitro groups is 1. The molecule has 0 bridgehead atoms. The minimum Gasteiger partial charge on any atom is -0.490 e. The second-order valence-electron chi connectivity index (χ2n) is 5.56. The van der Waals surface area contributed by atoms with Gasteiger partial charge in [0.2, 0.25) is 5.75 Å². The van der Waals surface area contributed by atoms with Gasteiger partial charge in [0.05, 0.1) is 18.1 Å². The minimum absolute atomic E-state index is 0.0304. The van der Waals surface area contributed by atoms with Crippen molar-refractivity contribution >= 4 is 29.6 Å². The first-order valence-corrected chi connectivity index (χ1v) is 8.12. The van der Waals surface area contributed by atoms with Crippen molar-refractivity contribution < 1.29 is 28.8 Å². The van der Waals surface area contributed by atoms with Crippen molar-refractivity contribution in [1.29, 1.82) is 0 Å². The van der Waals surface area contributed by atoms with Gasteiger partial charge in [-0.2, -0.15) is 0 Å². The van der Waals surface area contributed by atoms with Crippen LogP contribution in [0.1, 0.15) is 19.4 Å². The van der Waals surface area contributed by atoms with Crippen LogP contribution in [0, 0.1) is 10.1 Å². The Hall–Kier alpha value is -3.43. The number of rotatable bonds is 6. The van der Waals surface area contributed by atoms with Gasteiger partial charge >= 0.3 is 11.7 Å². The zero-order valence-corrected chi connectivity index (χ0v) is 15.3. The Balaban J connectivity index is 2.62. The number of hydrogen-bond acceptors (Lipinski definition) is 7. The van der Waals surface area contributed by atoms with Crippen LogP contribution >= 0.6 is 0 Å². The molecule has 1 heterocycles. The maximum atomic E-state index is 12.3. The van der Waals surface area contributed by atoms with Crippen molar-refractivity contribution in [1.82, 2.24) is 9.80 Å². The fourth-order valence-electron chi connectivity index (χ4n) is 2.52. The number of amides is 4. The largest absolute Gasteiger partial charge is 0.490 e. The molecule has 1 aliphatic rings. The number of urea groups is 1. The number of nitrogens with zero attached hydrogens (tertiary/aromatic N) is 3. The summed E-state index contributed by atoms with van der Waals surface area (Å²) >= 11 is 0. The van der Waals surface area contributed by atoms with Crippen LogP contribution in [0.4, 0.5) is 10.5 Å². The van der Waals surface area contributed by atoms with E-state index in [1.807, 2.05) is 0 Å². The van der Waals surface area contributed by atoms with Crippen LogP contribution < -0.4 is 9.47 Å². The molecule has 2 rings (SSSR count). The molecular weight excluding hydrogens is 358 g/mol. The quantitative estimate of drug-likeness (QED) is 0.321. The van der Waals surface area contributed by atoms with Crippen molar-refractivity contribution in [3.8, 4) is 11.5 Å². The third-order valence-corrected chi connectivity index (χ3v) is 3.80. The Morgan fingerprint density at radius 2 is 1.59 bits per heavy atom. The van der Waals surface area contributed by atoms with Crippen LogP contribution in [0.3, 0.4) is 0 Å². The summed E-state index contributed by atoms with van der Waals surface area (Å²) in [6, 6.07) is 1.86. The first-order valence-electron chi connectivity index (χ1n) is 8.12. The number of ether oxygens (including phenoxy) is 2. The van der Waals surface area contributed by atoms with Crippen molar-refractivity contribution in [3.63, 3.8) is 0 Å². The van der Waals surface area contributed by atoms with Crippen LogP contribution in [0.15, 0.2) is 17.7 Å². The fourth-order valence-corrected chi connectivity index (χ4v) is 2.52. The van der Waals surface area contributed by atoms with E-state index in [-0.39, 0.29) is 41.5 Å². The molecule has 0 atom stereocenters. The second-order valence-corrected chi connectivity index (χ2v) is 5.56. The van der Waals surface area contributed by atoms with Crippen LogP contribution in [0.25, 0.3) is 6.08 Å². The van der Waals surface area contributed by atoms with E-state index in [2.05, 4.69) is 0 Å². The van der Waals surface area contributed by atoms with E-state index in [1.165, 1.54) is 32.3 Å². The van der Waals surface area contributed by atoms with Gasteiger partial charge in [-0.15, -0.1) is 0 Å². The Morgan fingerprint density at radius 1 is 1.04 bits per heavy atom. The van der Waals surface area contributed by atoms with E-state index in [4.69, 9.17) is 9.47 Å². The lowest BCUT2D eigenvalue weighted by molar-refractivity contribution is -0.386. The van der Waals surface area contributed by atoms with Gasteiger partial charge in [0.25, 0.3) is 11.8 Å². The molecule has 1 aromatic carbocycles. The molecule has 1 fully saturated rings. The standard InChI is InChI=1S/C17H19N3O7/c1-5-26-13-9-10(8-12(20(24)25)14(13)27-6-2)7-11-15(21)18(3)17(23)19(4)16(11)22/h7-9H,5-6H2,1-4H3. The van der Waals surface area contributed by atoms with E-state index >= 15 is 0 Å². The minimum atomic E-state index is -0.794. The molecule has 0 aromatic heterocycles. The lowest BCUT2D eigenvalue weighted by atomic mass is 10.1. The van der Waals surface area contributed by atoms with Gasteiger partial charge in [-0.3, -0.25) is 29.5 Å². The van der Waals surface area contributed by atoms with Crippen LogP contribution in [-0.4, -0.2) is 59.9 Å². The molecule has 1 aromatic rings. The average Bonchev–Trinajstić information content (AvgIpc) is 2.63. The SMILES string of the molecule is CCOc1cc(C=C2C(=O)N(C)C(=O)N(C)C2=O)cc([N+](=O)[O-])c1OCC. The van der Waals surface area contributed by atoms with E-state index in [1.54, 1.807) is 13.8 Å². The van der Waals surface area contributed by atoms with Crippen LogP contribution in [0.5, 0.6) is 11.5 Å². The number of likely N-dealkylation sites (N-methyl/N-ethyl adjacent to an activating group) is 2. The highest BCUT2D eigenvalue weighted by atomic mass is 16.6. The van der Waals surface area contributed by atoms with E-state index in [0.717, 1.165) is 9.80 Å². The molecule has 4 amide bonds. The molecule has 10 nitrogen and oxygen atoms in total. The third kappa shape index (κ3) is 3.73. The highest BCUT2D eigenvalue weighted by Gasteiger charge is 2.38. The number of barbiturate groups is 1. The molecule has 10 heteroatoms. The summed E-state index contributed by atoms with van der Waals surface area (Å²) in [5.74, 6) is -1.50. The van der Waals surface area contributed by atoms with E-state index in [9.17, 15) is 24.5 Å². The van der Waals surface area contributed by atoms with Crippen molar-refractivity contribution in [3.05, 3.63) is 33.4 Å². The van der Waals surface area contributed by atoms with Crippen molar-refractivity contribution in [2.24, 2.45) is 0 Å². The molecule has 0 saturated carbocycles. The molecule has 1 saturated heterocycles. The topological polar surface area (TPSA) is 119 Å². The number of imide groups is 2. The van der Waals surface area contributed by atoms with Gasteiger partial charge in [-0.1, -0.05) is 0 Å². The lowest BCUT2D eigenvalue weighted by Crippen LogP contribution is -2.52. The zero-order chi connectivity index (χ0) is 20.3. The molecule has 0 radical (unpaired) electrons. The van der Waals surface area contributed by atoms with Gasteiger partial charge in [0, 0.05) is 20.2 Å². The molecular formula is C17H19N3O7. The number of nitro benzene ring substituents is 1. The third-order valence-electron chi connectivity index (χ3n) is 3.80. The predicted octanol–water partition coefficient (Wildman–Crippen LogP) is 1.83. The van der Waals surface area contributed by atoms with Crippen LogP contribution in [-0.2, 0) is 9.59 Å². The summed E-state index contributed by atoms with van der Waals surface area (Å²) in [5.41, 5.74) is -0.454. The molecule has 0 N–H and O–H groups in total. The molecule has 144 valence electrons. The highest BCUT2D eigenvalue weighted by molar-refractivity contribution is 6.30. The molecule has 0 aliphatic carbocycles. The average molecular weight is 377 g/mol. The van der Waals surface area contributed by atoms with Gasteiger partial charge in [-0.25, -0.2) is 4.79 Å². The summed E-state index contributed by atoms with van der Waals surface area (Å²) in [5, 5.41) is 11.4. The highest BCUT2D eigenvalue weighted by Crippen LogP contribution is 2.39. The summed E-state index contributed by atoms with van der Waals surface area (Å²) in [6.45, 7) is 3.80. The van der Waals surface area contributed by atoms with Crippen molar-refractivity contribution in [2.45, 2.75) is 13.8 Å². The zero-order valence-electron chi connectivity index (χ0n) is 15.3. The van der Waals surface area contributed by atoms with Gasteiger partial charge in [-0.05, 0) is 31.6 Å². The van der Waals surface area contributed by atoms with Crippen molar-refractivity contribution in [2.75, 3.05) is 27.3 Å². The molecule has 1 aliphatic heterocycles. The monoisotopic (exact) mass is 377 g/mol. The predicted molar refractivity (Wildman–Crippen MR) is 94.3 cm³/mol. The van der Waals surface area contributed by atoms with Gasteiger partial charge in [0.15, 0.2) is 5.75 Å². The normalized spacial score (nSPS) is 14.5. The summed E-state index contributed by atoms with van der Waals surface area (Å²) < 4.78 is 10.8. The number of carbonyl (C=O) groups is 3. The maximum Gasteiger partial charge on any atom is 0.333 e. The van der Waals surface area contributed by atoms with Gasteiger partial charge in [0.1, 0.15) is 5.57 Å². The number of carbonyl (C=O) groups excluding carboxylic acids is 3. The smallest absolute Gasteiger partial charge is 0.333 e. The lowest BCUT2D eigenvalue weighted by Gasteiger charge is -2.28. The molecule has 0 spiro atoms. The van der Waals surface area contributed by atoms with Crippen LogP contribution in [0.2, 0.25) is 0 Å². The number of hydrogen-bond donors (Lipinski definition) is 0. The Bertz CT molecular complexity index is 821. The summed E-state index contributed by atoms with van der Waals surface area (Å²) in [7, 11) is 2.49. The van der Waals surface area contributed by atoms with Gasteiger partial charge < -0.3 is 9.47 Å². The Kier molecular flexibility index (Phi) is 5.78. The Morgan fingerprint density at radius 3 is 2.07 bits per heavy atom. The molecule has 27 heavy (non-hydrogen) atoms. The van der Waals surface area contributed by atoms with E-state index in [0.29, 0.717) is 0 Å². The molecule has 0 unspecified atom stereocenters. The van der Waals surface area contributed by atoms with E-state index < -0.39 is 22.8 Å². The second kappa shape index (κ2) is 7.85. The fraction of sp³-hybridized carbons (Fsp3) is 0.353. The summed E-state index contributed by atoms with van der Waals surface area (Å²) in [6.07, 6.45) is 1.19. The first kappa shape index (κ1) is 19.9. The Labute approximate surface area is 155 Å². The first-order chi connectivity index (χ1) is 12.7. The number of benzene rings is 1. The maximum absolute atomic E-state index is 12.3. The summed E-state index contributed by atoms with van der Waals surface area (Å²) in [4.78, 5) is 48.8.